The van der Waals surface area contributed by atoms with Crippen LogP contribution in [0.2, 0.25) is 0 Å². The van der Waals surface area contributed by atoms with Crippen molar-refractivity contribution in [3.8, 4) is 91.2 Å². The lowest BCUT2D eigenvalue weighted by Crippen LogP contribution is -2.01. The molecule has 0 atom stereocenters. The predicted molar refractivity (Wildman–Crippen MR) is 258 cm³/mol. The van der Waals surface area contributed by atoms with Crippen molar-refractivity contribution in [2.45, 2.75) is 9.79 Å². The minimum atomic E-state index is 0.362. The van der Waals surface area contributed by atoms with E-state index < -0.39 is 0 Å². The summed E-state index contributed by atoms with van der Waals surface area (Å²) in [5.41, 5.74) is 29.4. The summed E-state index contributed by atoms with van der Waals surface area (Å²) < 4.78 is 50.0. The van der Waals surface area contributed by atoms with Crippen molar-refractivity contribution < 1.29 is 37.9 Å². The van der Waals surface area contributed by atoms with Crippen molar-refractivity contribution in [1.82, 2.24) is 0 Å². The number of anilines is 4. The zero-order valence-electron chi connectivity index (χ0n) is 36.0. The summed E-state index contributed by atoms with van der Waals surface area (Å²) in [5.74, 6) is 6.00. The topological polar surface area (TPSA) is 178 Å². The van der Waals surface area contributed by atoms with Crippen LogP contribution in [0.5, 0.6) is 69.0 Å². The highest BCUT2D eigenvalue weighted by Gasteiger charge is 2.28. The molecule has 0 aromatic heterocycles. The van der Waals surface area contributed by atoms with E-state index in [0.29, 0.717) is 103 Å². The quantitative estimate of drug-likeness (QED) is 0.0674. The Balaban J connectivity index is 1.30. The standard InChI is InChI=1S/C52H46N4O8S/c1-57-43-29-45(47(51(59-3)49(43)63-41-25-13-35(55)14-26-41)31-5-17-37(18-6-31)61-39-21-9-33(53)10-22-39)65-46-30-44(58-2)50(64-42-27-15-36(56)16-28-42)52(60-4)48(46)32-7-19-38(20-8-32)62-40-23-11-34(54)12-24-40/h5-30H,53-56H2,1-4H3. The number of benzene rings is 8. The van der Waals surface area contributed by atoms with Gasteiger partial charge in [-0.25, -0.2) is 0 Å². The summed E-state index contributed by atoms with van der Waals surface area (Å²) in [7, 11) is 6.35. The van der Waals surface area contributed by atoms with E-state index in [0.717, 1.165) is 20.9 Å². The Morgan fingerprint density at radius 1 is 0.308 bits per heavy atom. The van der Waals surface area contributed by atoms with Gasteiger partial charge < -0.3 is 60.8 Å². The van der Waals surface area contributed by atoms with Gasteiger partial charge in [0, 0.05) is 43.7 Å². The van der Waals surface area contributed by atoms with E-state index in [2.05, 4.69) is 0 Å². The molecule has 0 fully saturated rings. The number of hydrogen-bond acceptors (Lipinski definition) is 13. The van der Waals surface area contributed by atoms with Crippen LogP contribution in [-0.2, 0) is 0 Å². The van der Waals surface area contributed by atoms with Gasteiger partial charge in [0.1, 0.15) is 34.5 Å². The summed E-state index contributed by atoms with van der Waals surface area (Å²) >= 11 is 1.45. The summed E-state index contributed by atoms with van der Waals surface area (Å²) in [4.78, 5) is 1.49. The van der Waals surface area contributed by atoms with Gasteiger partial charge in [0.15, 0.2) is 23.0 Å². The average molecular weight is 887 g/mol. The first-order chi connectivity index (χ1) is 31.6. The molecule has 8 aromatic rings. The fourth-order valence-corrected chi connectivity index (χ4v) is 8.13. The second kappa shape index (κ2) is 19.4. The molecule has 0 spiro atoms. The van der Waals surface area contributed by atoms with Crippen molar-refractivity contribution in [3.63, 3.8) is 0 Å². The van der Waals surface area contributed by atoms with Gasteiger partial charge in [0.05, 0.1) is 28.4 Å². The van der Waals surface area contributed by atoms with Crippen LogP contribution in [0.15, 0.2) is 168 Å². The van der Waals surface area contributed by atoms with Gasteiger partial charge in [-0.1, -0.05) is 36.0 Å². The Bertz CT molecular complexity index is 2700. The maximum atomic E-state index is 6.53. The first-order valence-corrected chi connectivity index (χ1v) is 21.0. The smallest absolute Gasteiger partial charge is 0.211 e. The molecule has 0 radical (unpaired) electrons. The van der Waals surface area contributed by atoms with Crippen LogP contribution in [-0.4, -0.2) is 28.4 Å². The van der Waals surface area contributed by atoms with Gasteiger partial charge in [-0.05, 0) is 145 Å². The first-order valence-electron chi connectivity index (χ1n) is 20.2. The van der Waals surface area contributed by atoms with Crippen LogP contribution < -0.4 is 60.8 Å². The Morgan fingerprint density at radius 3 is 0.831 bits per heavy atom. The molecule has 13 heteroatoms. The van der Waals surface area contributed by atoms with Gasteiger partial charge in [0.25, 0.3) is 0 Å². The van der Waals surface area contributed by atoms with Crippen molar-refractivity contribution in [2.75, 3.05) is 51.4 Å². The number of rotatable bonds is 16. The van der Waals surface area contributed by atoms with Gasteiger partial charge in [-0.15, -0.1) is 0 Å². The highest BCUT2D eigenvalue weighted by Crippen LogP contribution is 2.57. The van der Waals surface area contributed by atoms with E-state index in [4.69, 9.17) is 60.8 Å². The molecular weight excluding hydrogens is 841 g/mol. The van der Waals surface area contributed by atoms with Crippen LogP contribution in [0.4, 0.5) is 22.7 Å². The molecule has 0 amide bonds. The van der Waals surface area contributed by atoms with E-state index in [1.165, 1.54) is 11.8 Å². The van der Waals surface area contributed by atoms with Crippen molar-refractivity contribution in [1.29, 1.82) is 0 Å². The summed E-state index contributed by atoms with van der Waals surface area (Å²) in [6.45, 7) is 0. The molecule has 8 N–H and O–H groups in total. The Kier molecular flexibility index (Phi) is 12.9. The van der Waals surface area contributed by atoms with Crippen LogP contribution >= 0.6 is 11.8 Å². The van der Waals surface area contributed by atoms with Gasteiger partial charge in [0.2, 0.25) is 11.5 Å². The van der Waals surface area contributed by atoms with E-state index in [1.807, 2.05) is 84.9 Å². The maximum Gasteiger partial charge on any atom is 0.211 e. The van der Waals surface area contributed by atoms with Crippen LogP contribution in [0.25, 0.3) is 22.3 Å². The number of ether oxygens (including phenoxy) is 8. The molecular formula is C52H46N4O8S. The minimum absolute atomic E-state index is 0.362. The molecule has 0 aliphatic rings. The van der Waals surface area contributed by atoms with Gasteiger partial charge in [-0.3, -0.25) is 0 Å². The summed E-state index contributed by atoms with van der Waals surface area (Å²) in [5, 5.41) is 0. The highest BCUT2D eigenvalue weighted by atomic mass is 32.2. The van der Waals surface area contributed by atoms with Gasteiger partial charge in [-0.2, -0.15) is 0 Å². The molecule has 0 bridgehead atoms. The summed E-state index contributed by atoms with van der Waals surface area (Å²) in [6, 6.07) is 47.8. The average Bonchev–Trinajstić information content (AvgIpc) is 3.32. The minimum Gasteiger partial charge on any atom is -0.493 e. The molecule has 0 saturated heterocycles. The molecule has 0 aliphatic carbocycles. The fourth-order valence-electron chi connectivity index (χ4n) is 6.93. The van der Waals surface area contributed by atoms with E-state index >= 15 is 0 Å². The van der Waals surface area contributed by atoms with E-state index in [9.17, 15) is 0 Å². The van der Waals surface area contributed by atoms with Crippen molar-refractivity contribution >= 4 is 34.5 Å². The van der Waals surface area contributed by atoms with E-state index in [-0.39, 0.29) is 0 Å². The van der Waals surface area contributed by atoms with Crippen LogP contribution in [0.3, 0.4) is 0 Å². The maximum absolute atomic E-state index is 6.53. The summed E-state index contributed by atoms with van der Waals surface area (Å²) in [6.07, 6.45) is 0. The molecule has 0 saturated carbocycles. The normalized spacial score (nSPS) is 10.8. The highest BCUT2D eigenvalue weighted by molar-refractivity contribution is 7.99. The van der Waals surface area contributed by atoms with E-state index in [1.54, 1.807) is 101 Å². The van der Waals surface area contributed by atoms with Crippen LogP contribution in [0, 0.1) is 0 Å². The molecule has 0 heterocycles. The monoisotopic (exact) mass is 886 g/mol. The lowest BCUT2D eigenvalue weighted by atomic mass is 10.0. The zero-order chi connectivity index (χ0) is 45.5. The molecule has 8 aromatic carbocycles. The molecule has 0 unspecified atom stereocenters. The fraction of sp³-hybridized carbons (Fsp3) is 0.0769. The second-order valence-corrected chi connectivity index (χ2v) is 15.5. The third-order valence-electron chi connectivity index (χ3n) is 10.1. The third-order valence-corrected chi connectivity index (χ3v) is 11.2. The molecule has 65 heavy (non-hydrogen) atoms. The lowest BCUT2D eigenvalue weighted by molar-refractivity contribution is 0.345. The lowest BCUT2D eigenvalue weighted by Gasteiger charge is -2.23. The molecule has 328 valence electrons. The van der Waals surface area contributed by atoms with Crippen molar-refractivity contribution in [2.24, 2.45) is 0 Å². The zero-order valence-corrected chi connectivity index (χ0v) is 36.8. The first kappa shape index (κ1) is 43.4. The molecule has 0 aliphatic heterocycles. The van der Waals surface area contributed by atoms with Gasteiger partial charge >= 0.3 is 0 Å². The number of hydrogen-bond donors (Lipinski definition) is 4. The molecule has 8 rings (SSSR count). The second-order valence-electron chi connectivity index (χ2n) is 14.5. The largest absolute Gasteiger partial charge is 0.493 e. The number of methoxy groups -OCH3 is 4. The Labute approximate surface area is 381 Å². The van der Waals surface area contributed by atoms with Crippen LogP contribution in [0.1, 0.15) is 0 Å². The Hall–Kier alpha value is -8.29. The molecule has 12 nitrogen and oxygen atoms in total. The predicted octanol–water partition coefficient (Wildman–Crippen LogP) is 12.7. The SMILES string of the molecule is COc1cc(Sc2cc(OC)c(Oc3ccc(N)cc3)c(OC)c2-c2ccc(Oc3ccc(N)cc3)cc2)c(-c2ccc(Oc3ccc(N)cc3)cc2)c(OC)c1Oc1ccc(N)cc1. The van der Waals surface area contributed by atoms with Crippen molar-refractivity contribution in [3.05, 3.63) is 158 Å². The Morgan fingerprint density at radius 2 is 0.569 bits per heavy atom. The number of nitrogen functional groups attached to an aromatic ring is 4. The third kappa shape index (κ3) is 9.85. The number of nitrogens with two attached hydrogens (primary N) is 4.